The predicted octanol–water partition coefficient (Wildman–Crippen LogP) is 3.16. The first kappa shape index (κ1) is 12.4. The van der Waals surface area contributed by atoms with E-state index in [1.165, 1.54) is 17.5 Å². The molecule has 0 saturated carbocycles. The summed E-state index contributed by atoms with van der Waals surface area (Å²) < 4.78 is 0. The van der Waals surface area contributed by atoms with Crippen LogP contribution in [-0.4, -0.2) is 17.5 Å². The maximum atomic E-state index is 5.91. The van der Waals surface area contributed by atoms with Gasteiger partial charge in [-0.1, -0.05) is 26.8 Å². The number of benzene rings is 1. The van der Waals surface area contributed by atoms with E-state index in [-0.39, 0.29) is 5.41 Å². The Morgan fingerprint density at radius 3 is 2.76 bits per heavy atom. The third-order valence-corrected chi connectivity index (χ3v) is 4.04. The highest BCUT2D eigenvalue weighted by Crippen LogP contribution is 2.35. The summed E-state index contributed by atoms with van der Waals surface area (Å²) in [6.07, 6.45) is 1.20. The number of nitrogen functional groups attached to an aromatic ring is 1. The van der Waals surface area contributed by atoms with E-state index in [4.69, 9.17) is 5.73 Å². The Balaban J connectivity index is 2.37. The fourth-order valence-corrected chi connectivity index (χ4v) is 2.84. The van der Waals surface area contributed by atoms with Crippen LogP contribution in [0.3, 0.4) is 0 Å². The quantitative estimate of drug-likeness (QED) is 0.794. The van der Waals surface area contributed by atoms with Gasteiger partial charge in [-0.15, -0.1) is 0 Å². The van der Waals surface area contributed by atoms with Crippen LogP contribution in [0.25, 0.3) is 0 Å². The van der Waals surface area contributed by atoms with E-state index in [0.717, 1.165) is 18.8 Å². The lowest BCUT2D eigenvalue weighted by Gasteiger charge is -2.42. The summed E-state index contributed by atoms with van der Waals surface area (Å²) >= 11 is 0. The Hall–Kier alpha value is -1.02. The van der Waals surface area contributed by atoms with Crippen molar-refractivity contribution in [2.75, 3.05) is 12.3 Å². The number of rotatable bonds is 2. The van der Waals surface area contributed by atoms with E-state index in [1.807, 2.05) is 6.07 Å². The molecule has 2 N–H and O–H groups in total. The molecule has 94 valence electrons. The molecule has 1 aliphatic heterocycles. The van der Waals surface area contributed by atoms with Gasteiger partial charge < -0.3 is 5.73 Å². The maximum absolute atomic E-state index is 5.91. The predicted molar refractivity (Wildman–Crippen MR) is 74.0 cm³/mol. The second-order valence-corrected chi connectivity index (χ2v) is 5.96. The first-order valence-electron chi connectivity index (χ1n) is 6.57. The Bertz CT molecular complexity index is 409. The van der Waals surface area contributed by atoms with Crippen molar-refractivity contribution in [3.05, 3.63) is 29.3 Å². The van der Waals surface area contributed by atoms with Crippen molar-refractivity contribution in [1.29, 1.82) is 0 Å². The van der Waals surface area contributed by atoms with Crippen LogP contribution in [0, 0.1) is 0 Å². The molecular weight excluding hydrogens is 208 g/mol. The zero-order valence-electron chi connectivity index (χ0n) is 11.5. The van der Waals surface area contributed by atoms with Crippen LogP contribution < -0.4 is 5.73 Å². The van der Waals surface area contributed by atoms with Crippen molar-refractivity contribution in [3.8, 4) is 0 Å². The standard InChI is InChI=1S/C15H24N2/c1-5-11(2)17-9-12-8-13(16)6-7-14(12)15(3,4)10-17/h6-8,11H,5,9-10,16H2,1-4H3. The molecule has 1 aromatic carbocycles. The molecule has 1 atom stereocenters. The molecule has 0 amide bonds. The first-order valence-corrected chi connectivity index (χ1v) is 6.57. The summed E-state index contributed by atoms with van der Waals surface area (Å²) in [5.74, 6) is 0. The normalized spacial score (nSPS) is 20.9. The van der Waals surface area contributed by atoms with Crippen molar-refractivity contribution in [2.24, 2.45) is 0 Å². The highest BCUT2D eigenvalue weighted by molar-refractivity contribution is 5.48. The van der Waals surface area contributed by atoms with Gasteiger partial charge in [0.05, 0.1) is 0 Å². The van der Waals surface area contributed by atoms with Gasteiger partial charge in [-0.25, -0.2) is 0 Å². The fraction of sp³-hybridized carbons (Fsp3) is 0.600. The zero-order chi connectivity index (χ0) is 12.6. The summed E-state index contributed by atoms with van der Waals surface area (Å²) in [5, 5.41) is 0. The van der Waals surface area contributed by atoms with Gasteiger partial charge in [-0.05, 0) is 36.6 Å². The zero-order valence-corrected chi connectivity index (χ0v) is 11.5. The Morgan fingerprint density at radius 1 is 1.41 bits per heavy atom. The van der Waals surface area contributed by atoms with Gasteiger partial charge in [0.15, 0.2) is 0 Å². The maximum Gasteiger partial charge on any atom is 0.0317 e. The Kier molecular flexibility index (Phi) is 3.17. The van der Waals surface area contributed by atoms with Crippen LogP contribution in [0.4, 0.5) is 5.69 Å². The van der Waals surface area contributed by atoms with Crippen molar-refractivity contribution in [2.45, 2.75) is 52.1 Å². The van der Waals surface area contributed by atoms with E-state index in [2.05, 4.69) is 44.7 Å². The topological polar surface area (TPSA) is 29.3 Å². The van der Waals surface area contributed by atoms with E-state index in [9.17, 15) is 0 Å². The van der Waals surface area contributed by atoms with Crippen molar-refractivity contribution in [1.82, 2.24) is 4.90 Å². The monoisotopic (exact) mass is 232 g/mol. The number of nitrogens with two attached hydrogens (primary N) is 1. The minimum absolute atomic E-state index is 0.227. The molecule has 2 heteroatoms. The van der Waals surface area contributed by atoms with Gasteiger partial charge in [-0.2, -0.15) is 0 Å². The van der Waals surface area contributed by atoms with Crippen LogP contribution in [0.2, 0.25) is 0 Å². The Morgan fingerprint density at radius 2 is 2.12 bits per heavy atom. The van der Waals surface area contributed by atoms with Crippen LogP contribution in [-0.2, 0) is 12.0 Å². The molecule has 0 aliphatic carbocycles. The van der Waals surface area contributed by atoms with Gasteiger partial charge in [-0.3, -0.25) is 4.90 Å². The molecule has 0 aromatic heterocycles. The molecule has 1 aliphatic rings. The Labute approximate surface area is 105 Å². The lowest BCUT2D eigenvalue weighted by molar-refractivity contribution is 0.142. The molecule has 17 heavy (non-hydrogen) atoms. The summed E-state index contributed by atoms with van der Waals surface area (Å²) in [6, 6.07) is 7.02. The third kappa shape index (κ3) is 2.32. The van der Waals surface area contributed by atoms with Crippen LogP contribution in [0.1, 0.15) is 45.2 Å². The molecular formula is C15H24N2. The fourth-order valence-electron chi connectivity index (χ4n) is 2.84. The molecule has 0 saturated heterocycles. The molecule has 1 aromatic rings. The molecule has 1 heterocycles. The van der Waals surface area contributed by atoms with Crippen LogP contribution in [0.5, 0.6) is 0 Å². The average molecular weight is 232 g/mol. The SMILES string of the molecule is CCC(C)N1Cc2cc(N)ccc2C(C)(C)C1. The van der Waals surface area contributed by atoms with Crippen molar-refractivity contribution in [3.63, 3.8) is 0 Å². The van der Waals surface area contributed by atoms with Gasteiger partial charge >= 0.3 is 0 Å². The van der Waals surface area contributed by atoms with Crippen molar-refractivity contribution >= 4 is 5.69 Å². The smallest absolute Gasteiger partial charge is 0.0317 e. The highest BCUT2D eigenvalue weighted by Gasteiger charge is 2.32. The second kappa shape index (κ2) is 4.34. The minimum Gasteiger partial charge on any atom is -0.399 e. The molecule has 1 unspecified atom stereocenters. The number of anilines is 1. The third-order valence-electron chi connectivity index (χ3n) is 4.04. The van der Waals surface area contributed by atoms with Gasteiger partial charge in [0.25, 0.3) is 0 Å². The molecule has 0 spiro atoms. The molecule has 2 rings (SSSR count). The van der Waals surface area contributed by atoms with E-state index in [0.29, 0.717) is 6.04 Å². The summed E-state index contributed by atoms with van der Waals surface area (Å²) in [5.41, 5.74) is 9.88. The lowest BCUT2D eigenvalue weighted by atomic mass is 9.77. The largest absolute Gasteiger partial charge is 0.399 e. The van der Waals surface area contributed by atoms with Crippen LogP contribution in [0.15, 0.2) is 18.2 Å². The number of hydrogen-bond acceptors (Lipinski definition) is 2. The van der Waals surface area contributed by atoms with Gasteiger partial charge in [0.2, 0.25) is 0 Å². The summed E-state index contributed by atoms with van der Waals surface area (Å²) in [7, 11) is 0. The lowest BCUT2D eigenvalue weighted by Crippen LogP contribution is -2.45. The molecule has 0 fully saturated rings. The van der Waals surface area contributed by atoms with E-state index < -0.39 is 0 Å². The second-order valence-electron chi connectivity index (χ2n) is 5.96. The van der Waals surface area contributed by atoms with E-state index >= 15 is 0 Å². The van der Waals surface area contributed by atoms with Gasteiger partial charge in [0.1, 0.15) is 0 Å². The number of nitrogens with zero attached hydrogens (tertiary/aromatic N) is 1. The molecule has 0 bridgehead atoms. The van der Waals surface area contributed by atoms with Crippen LogP contribution >= 0.6 is 0 Å². The summed E-state index contributed by atoms with van der Waals surface area (Å²) in [4.78, 5) is 2.57. The minimum atomic E-state index is 0.227. The average Bonchev–Trinajstić information content (AvgIpc) is 2.26. The van der Waals surface area contributed by atoms with E-state index in [1.54, 1.807) is 0 Å². The highest BCUT2D eigenvalue weighted by atomic mass is 15.2. The molecule has 2 nitrogen and oxygen atoms in total. The van der Waals surface area contributed by atoms with Crippen molar-refractivity contribution < 1.29 is 0 Å². The number of hydrogen-bond donors (Lipinski definition) is 1. The molecule has 0 radical (unpaired) electrons. The first-order chi connectivity index (χ1) is 7.94. The number of fused-ring (bicyclic) bond motifs is 1. The summed E-state index contributed by atoms with van der Waals surface area (Å²) in [6.45, 7) is 11.4. The van der Waals surface area contributed by atoms with Gasteiger partial charge in [0, 0.05) is 30.2 Å².